The molecular weight excluding hydrogens is 364 g/mol. The summed E-state index contributed by atoms with van der Waals surface area (Å²) < 4.78 is 26.8. The summed E-state index contributed by atoms with van der Waals surface area (Å²) in [6.07, 6.45) is 2.80. The minimum absolute atomic E-state index is 0.0570. The van der Waals surface area contributed by atoms with Crippen LogP contribution in [0.15, 0.2) is 29.4 Å². The van der Waals surface area contributed by atoms with Gasteiger partial charge in [-0.05, 0) is 24.5 Å². The average Bonchev–Trinajstić information content (AvgIpc) is 2.67. The molecule has 9 heteroatoms. The second-order valence-corrected chi connectivity index (χ2v) is 9.09. The van der Waals surface area contributed by atoms with Crippen molar-refractivity contribution >= 4 is 21.8 Å². The van der Waals surface area contributed by atoms with E-state index in [2.05, 4.69) is 39.4 Å². The fourth-order valence-corrected chi connectivity index (χ4v) is 4.20. The molecule has 8 nitrogen and oxygen atoms in total. The van der Waals surface area contributed by atoms with Crippen molar-refractivity contribution < 1.29 is 8.42 Å². The number of rotatable bonds is 8. The van der Waals surface area contributed by atoms with E-state index in [1.807, 2.05) is 18.2 Å². The van der Waals surface area contributed by atoms with E-state index in [1.54, 1.807) is 17.5 Å². The lowest BCUT2D eigenvalue weighted by molar-refractivity contribution is 0.384. The third kappa shape index (κ3) is 6.99. The monoisotopic (exact) mass is 396 g/mol. The highest BCUT2D eigenvalue weighted by molar-refractivity contribution is 7.89. The van der Waals surface area contributed by atoms with Crippen LogP contribution in [0.25, 0.3) is 0 Å². The molecule has 27 heavy (non-hydrogen) atoms. The zero-order chi connectivity index (χ0) is 19.7. The first-order valence-corrected chi connectivity index (χ1v) is 11.1. The van der Waals surface area contributed by atoms with E-state index < -0.39 is 10.0 Å². The number of hydrogen-bond donors (Lipinski definition) is 2. The van der Waals surface area contributed by atoms with Gasteiger partial charge in [0.1, 0.15) is 5.82 Å². The third-order valence-corrected chi connectivity index (χ3v) is 6.37. The molecule has 1 aliphatic heterocycles. The summed E-state index contributed by atoms with van der Waals surface area (Å²) in [6.45, 7) is 7.77. The first kappa shape index (κ1) is 21.4. The molecule has 2 rings (SSSR count). The normalized spacial score (nSPS) is 16.6. The van der Waals surface area contributed by atoms with Crippen LogP contribution in [-0.2, 0) is 10.0 Å². The molecule has 2 N–H and O–H groups in total. The van der Waals surface area contributed by atoms with Crippen LogP contribution in [0.5, 0.6) is 0 Å². The molecule has 152 valence electrons. The number of nitrogens with one attached hydrogen (secondary N) is 2. The molecule has 1 aliphatic rings. The minimum atomic E-state index is -3.29. The fourth-order valence-electron chi connectivity index (χ4n) is 2.86. The van der Waals surface area contributed by atoms with Crippen molar-refractivity contribution in [2.24, 2.45) is 10.9 Å². The van der Waals surface area contributed by atoms with Gasteiger partial charge in [0.2, 0.25) is 10.0 Å². The highest BCUT2D eigenvalue weighted by Crippen LogP contribution is 2.14. The van der Waals surface area contributed by atoms with E-state index in [4.69, 9.17) is 0 Å². The highest BCUT2D eigenvalue weighted by atomic mass is 32.2. The molecule has 1 aromatic rings. The van der Waals surface area contributed by atoms with Crippen LogP contribution < -0.4 is 15.5 Å². The summed E-state index contributed by atoms with van der Waals surface area (Å²) in [6, 6.07) is 5.77. The molecule has 0 spiro atoms. The summed E-state index contributed by atoms with van der Waals surface area (Å²) in [4.78, 5) is 10.6. The molecule has 1 fully saturated rings. The number of nitrogens with zero attached hydrogens (tertiary/aromatic N) is 4. The first-order chi connectivity index (χ1) is 12.9. The third-order valence-electron chi connectivity index (χ3n) is 4.50. The van der Waals surface area contributed by atoms with Crippen LogP contribution in [0.2, 0.25) is 0 Å². The second-order valence-electron chi connectivity index (χ2n) is 7.00. The van der Waals surface area contributed by atoms with E-state index in [0.717, 1.165) is 18.8 Å². The fraction of sp³-hybridized carbons (Fsp3) is 0.667. The highest BCUT2D eigenvalue weighted by Gasteiger charge is 2.27. The van der Waals surface area contributed by atoms with Gasteiger partial charge in [-0.15, -0.1) is 0 Å². The maximum absolute atomic E-state index is 12.6. The average molecular weight is 397 g/mol. The number of sulfonamides is 1. The molecule has 0 atom stereocenters. The standard InChI is InChI=1S/C18H32N6O2S/c1-16(2)7-9-21-18(19-3)22-10-15-27(25,26)24-13-11-23(12-14-24)17-6-4-5-8-20-17/h4-6,8,16H,7,9-15H2,1-3H3,(H2,19,21,22). The number of piperazine rings is 1. The van der Waals surface area contributed by atoms with Gasteiger partial charge in [0.15, 0.2) is 5.96 Å². The Bertz CT molecular complexity index is 685. The van der Waals surface area contributed by atoms with Crippen LogP contribution in [0.4, 0.5) is 5.82 Å². The van der Waals surface area contributed by atoms with E-state index in [9.17, 15) is 8.42 Å². The lowest BCUT2D eigenvalue weighted by Crippen LogP contribution is -2.50. The van der Waals surface area contributed by atoms with Gasteiger partial charge in [-0.2, -0.15) is 4.31 Å². The Hall–Kier alpha value is -1.87. The van der Waals surface area contributed by atoms with E-state index in [1.165, 1.54) is 0 Å². The first-order valence-electron chi connectivity index (χ1n) is 9.50. The molecule has 0 radical (unpaired) electrons. The van der Waals surface area contributed by atoms with Gasteiger partial charge in [0.05, 0.1) is 5.75 Å². The van der Waals surface area contributed by atoms with Crippen molar-refractivity contribution in [3.05, 3.63) is 24.4 Å². The molecule has 0 bridgehead atoms. The number of aromatic nitrogens is 1. The molecule has 2 heterocycles. The topological polar surface area (TPSA) is 89.9 Å². The summed E-state index contributed by atoms with van der Waals surface area (Å²) >= 11 is 0. The summed E-state index contributed by atoms with van der Waals surface area (Å²) in [7, 11) is -1.60. The van der Waals surface area contributed by atoms with Crippen molar-refractivity contribution in [1.82, 2.24) is 19.9 Å². The van der Waals surface area contributed by atoms with E-state index in [-0.39, 0.29) is 5.75 Å². The Labute approximate surface area is 163 Å². The Morgan fingerprint density at radius 2 is 1.89 bits per heavy atom. The number of hydrogen-bond acceptors (Lipinski definition) is 5. The number of pyridine rings is 1. The largest absolute Gasteiger partial charge is 0.356 e. The molecule has 0 unspecified atom stereocenters. The Kier molecular flexibility index (Phi) is 8.30. The Morgan fingerprint density at radius 3 is 2.48 bits per heavy atom. The molecule has 1 saturated heterocycles. The quantitative estimate of drug-likeness (QED) is 0.498. The van der Waals surface area contributed by atoms with Crippen molar-refractivity contribution in [1.29, 1.82) is 0 Å². The van der Waals surface area contributed by atoms with Gasteiger partial charge in [-0.1, -0.05) is 19.9 Å². The Morgan fingerprint density at radius 1 is 1.19 bits per heavy atom. The van der Waals surface area contributed by atoms with Gasteiger partial charge in [-0.25, -0.2) is 13.4 Å². The van der Waals surface area contributed by atoms with Gasteiger partial charge in [0.25, 0.3) is 0 Å². The molecule has 0 amide bonds. The van der Waals surface area contributed by atoms with Gasteiger partial charge >= 0.3 is 0 Å². The van der Waals surface area contributed by atoms with Crippen LogP contribution in [-0.4, -0.2) is 75.7 Å². The van der Waals surface area contributed by atoms with Gasteiger partial charge < -0.3 is 15.5 Å². The van der Waals surface area contributed by atoms with Crippen LogP contribution >= 0.6 is 0 Å². The molecule has 0 aromatic carbocycles. The summed E-state index contributed by atoms with van der Waals surface area (Å²) in [5, 5.41) is 6.29. The lowest BCUT2D eigenvalue weighted by atomic mass is 10.1. The molecule has 0 aliphatic carbocycles. The summed E-state index contributed by atoms with van der Waals surface area (Å²) in [5.74, 6) is 2.21. The molecule has 0 saturated carbocycles. The van der Waals surface area contributed by atoms with Crippen LogP contribution in [0.3, 0.4) is 0 Å². The van der Waals surface area contributed by atoms with E-state index in [0.29, 0.717) is 44.6 Å². The van der Waals surface area contributed by atoms with Crippen LogP contribution in [0, 0.1) is 5.92 Å². The zero-order valence-corrected chi connectivity index (χ0v) is 17.4. The zero-order valence-electron chi connectivity index (χ0n) is 16.6. The minimum Gasteiger partial charge on any atom is -0.356 e. The second kappa shape index (κ2) is 10.5. The number of anilines is 1. The van der Waals surface area contributed by atoms with Crippen molar-refractivity contribution in [3.8, 4) is 0 Å². The SMILES string of the molecule is CN=C(NCCC(C)C)NCCS(=O)(=O)N1CCN(c2ccccn2)CC1. The molecule has 1 aromatic heterocycles. The smallest absolute Gasteiger partial charge is 0.215 e. The van der Waals surface area contributed by atoms with E-state index >= 15 is 0 Å². The van der Waals surface area contributed by atoms with Crippen LogP contribution in [0.1, 0.15) is 20.3 Å². The Balaban J connectivity index is 1.75. The molecular formula is C18H32N6O2S. The maximum atomic E-state index is 12.6. The van der Waals surface area contributed by atoms with Gasteiger partial charge in [0, 0.05) is 52.5 Å². The predicted octanol–water partition coefficient (Wildman–Crippen LogP) is 0.745. The maximum Gasteiger partial charge on any atom is 0.215 e. The van der Waals surface area contributed by atoms with Crippen molar-refractivity contribution in [3.63, 3.8) is 0 Å². The van der Waals surface area contributed by atoms with Crippen molar-refractivity contribution in [2.75, 3.05) is 57.0 Å². The number of guanidine groups is 1. The summed E-state index contributed by atoms with van der Waals surface area (Å²) in [5.41, 5.74) is 0. The van der Waals surface area contributed by atoms with Crippen molar-refractivity contribution in [2.45, 2.75) is 20.3 Å². The van der Waals surface area contributed by atoms with Gasteiger partial charge in [-0.3, -0.25) is 4.99 Å². The lowest BCUT2D eigenvalue weighted by Gasteiger charge is -2.34. The number of aliphatic imine (C=N–C) groups is 1. The predicted molar refractivity (Wildman–Crippen MR) is 111 cm³/mol.